The van der Waals surface area contributed by atoms with E-state index in [0.29, 0.717) is 18.3 Å². The minimum Gasteiger partial charge on any atom is -0.481 e. The zero-order chi connectivity index (χ0) is 44.3. The number of carbonyl (C=O) groups excluding carboxylic acids is 3. The molecule has 0 saturated heterocycles. The van der Waals surface area contributed by atoms with Crippen molar-refractivity contribution < 1.29 is 38.9 Å². The van der Waals surface area contributed by atoms with Gasteiger partial charge in [0.25, 0.3) is 0 Å². The number of carbonyl (C=O) groups is 5. The van der Waals surface area contributed by atoms with Gasteiger partial charge in [-0.3, -0.25) is 19.2 Å². The summed E-state index contributed by atoms with van der Waals surface area (Å²) < 4.78 is 6.05. The van der Waals surface area contributed by atoms with Crippen LogP contribution in [0.1, 0.15) is 197 Å². The van der Waals surface area contributed by atoms with Crippen molar-refractivity contribution in [3.63, 3.8) is 0 Å². The maximum absolute atomic E-state index is 14.5. The van der Waals surface area contributed by atoms with Gasteiger partial charge in [-0.1, -0.05) is 112 Å². The lowest BCUT2D eigenvalue weighted by molar-refractivity contribution is -0.213. The van der Waals surface area contributed by atoms with Crippen LogP contribution in [0.5, 0.6) is 0 Å². The van der Waals surface area contributed by atoms with Crippen molar-refractivity contribution >= 4 is 29.7 Å². The second-order valence-electron chi connectivity index (χ2n) is 22.6. The molecule has 0 aromatic heterocycles. The predicted molar refractivity (Wildman–Crippen MR) is 235 cm³/mol. The number of carboxylic acid groups (broad SMARTS) is 2. The molecule has 5 rings (SSSR count). The van der Waals surface area contributed by atoms with Crippen LogP contribution in [0.4, 0.5) is 0 Å². The van der Waals surface area contributed by atoms with Crippen molar-refractivity contribution in [3.8, 4) is 0 Å². The Morgan fingerprint density at radius 2 is 1.38 bits per heavy atom. The Labute approximate surface area is 362 Å². The highest BCUT2D eigenvalue weighted by Crippen LogP contribution is 2.76. The number of hydrogen-bond acceptors (Lipinski definition) is 6. The lowest BCUT2D eigenvalue weighted by Gasteiger charge is -2.71. The van der Waals surface area contributed by atoms with Crippen molar-refractivity contribution in [2.75, 3.05) is 6.54 Å². The molecule has 0 radical (unpaired) electrons. The van der Waals surface area contributed by atoms with Crippen LogP contribution < -0.4 is 10.6 Å². The summed E-state index contributed by atoms with van der Waals surface area (Å²) in [5.74, 6) is -1.27. The number of ether oxygens (including phenoxy) is 1. The first kappa shape index (κ1) is 48.1. The van der Waals surface area contributed by atoms with Crippen molar-refractivity contribution in [1.29, 1.82) is 0 Å². The van der Waals surface area contributed by atoms with Crippen LogP contribution in [0.2, 0.25) is 0 Å². The molecule has 10 heteroatoms. The highest BCUT2D eigenvalue weighted by Gasteiger charge is 2.69. The van der Waals surface area contributed by atoms with Gasteiger partial charge in [0.05, 0.1) is 18.3 Å². The Kier molecular flexibility index (Phi) is 15.1. The van der Waals surface area contributed by atoms with Crippen LogP contribution >= 0.6 is 0 Å². The summed E-state index contributed by atoms with van der Waals surface area (Å²) in [6.07, 6.45) is 20.9. The number of allylic oxidation sites excluding steroid dienone is 2. The third kappa shape index (κ3) is 9.67. The van der Waals surface area contributed by atoms with E-state index in [1.165, 1.54) is 0 Å². The van der Waals surface area contributed by atoms with E-state index in [2.05, 4.69) is 65.2 Å². The number of hydrogen-bond donors (Lipinski definition) is 4. The molecule has 0 aliphatic heterocycles. The van der Waals surface area contributed by atoms with Gasteiger partial charge in [-0.25, -0.2) is 4.79 Å². The molecule has 5 aliphatic rings. The monoisotopic (exact) mass is 839 g/mol. The first-order chi connectivity index (χ1) is 28.0. The molecule has 9 atom stereocenters. The van der Waals surface area contributed by atoms with Gasteiger partial charge in [0, 0.05) is 18.4 Å². The van der Waals surface area contributed by atoms with Gasteiger partial charge in [0.15, 0.2) is 0 Å². The molecule has 0 aromatic carbocycles. The number of aliphatic carboxylic acids is 2. The van der Waals surface area contributed by atoms with Gasteiger partial charge < -0.3 is 25.6 Å². The second-order valence-corrected chi connectivity index (χ2v) is 22.6. The van der Waals surface area contributed by atoms with Gasteiger partial charge in [0.1, 0.15) is 12.1 Å². The van der Waals surface area contributed by atoms with E-state index in [1.807, 2.05) is 0 Å². The van der Waals surface area contributed by atoms with E-state index in [9.17, 15) is 29.1 Å². The molecule has 5 aliphatic carbocycles. The number of nitrogens with one attached hydrogen (secondary N) is 2. The Morgan fingerprint density at radius 3 is 2.02 bits per heavy atom. The average molecular weight is 839 g/mol. The fourth-order valence-electron chi connectivity index (χ4n) is 13.9. The first-order valence-electron chi connectivity index (χ1n) is 24.0. The average Bonchev–Trinajstić information content (AvgIpc) is 3.16. The SMILES string of the molecule is CC(C)[C@H](NC(=O)CCCCCCCCCCNC(=O)[C@]12CCC(C)(C)CC1C1=CCC3[C@@]4(C)CC[C@H](OC(=O)CCC(=O)O)C(C)(C)C4CC[C@@]3(C)[C@]1(C)CC2)C(=O)O. The molecule has 10 nitrogen and oxygen atoms in total. The summed E-state index contributed by atoms with van der Waals surface area (Å²) in [6.45, 7) is 21.3. The molecule has 4 N–H and O–H groups in total. The van der Waals surface area contributed by atoms with Crippen LogP contribution in [0.3, 0.4) is 0 Å². The first-order valence-corrected chi connectivity index (χ1v) is 24.0. The third-order valence-electron chi connectivity index (χ3n) is 17.7. The molecule has 0 bridgehead atoms. The van der Waals surface area contributed by atoms with Gasteiger partial charge in [0.2, 0.25) is 11.8 Å². The molecule has 0 heterocycles. The standard InChI is InChI=1S/C50H82N2O8/c1-33(2)42(43(57)58)52-39(53)18-16-14-12-10-11-13-15-17-31-51-44(59)50-29-27-45(3,4)32-35(50)34-19-20-37-47(7)25-24-38(60-41(56)22-21-40(54)55)46(5,6)36(47)23-26-49(37,9)48(34,8)28-30-50/h19,33,35-38,42H,10-18,20-32H2,1-9H3,(H,51,59)(H,52,53)(H,54,55)(H,57,58)/t35?,36?,37?,38-,42-,47-,48+,49+,50-/m0/s1. The van der Waals surface area contributed by atoms with Crippen LogP contribution in [-0.4, -0.2) is 58.6 Å². The van der Waals surface area contributed by atoms with Gasteiger partial charge >= 0.3 is 17.9 Å². The van der Waals surface area contributed by atoms with E-state index in [1.54, 1.807) is 19.4 Å². The van der Waals surface area contributed by atoms with Crippen LogP contribution in [0.25, 0.3) is 0 Å². The van der Waals surface area contributed by atoms with Gasteiger partial charge in [-0.05, 0) is 122 Å². The summed E-state index contributed by atoms with van der Waals surface area (Å²) in [7, 11) is 0. The van der Waals surface area contributed by atoms with Crippen molar-refractivity contribution in [1.82, 2.24) is 10.6 Å². The van der Waals surface area contributed by atoms with Crippen LogP contribution in [-0.2, 0) is 28.7 Å². The molecule has 3 unspecified atom stereocenters. The largest absolute Gasteiger partial charge is 0.481 e. The van der Waals surface area contributed by atoms with Crippen molar-refractivity contribution in [2.24, 2.45) is 56.2 Å². The van der Waals surface area contributed by atoms with Crippen molar-refractivity contribution in [3.05, 3.63) is 11.6 Å². The van der Waals surface area contributed by atoms with E-state index < -0.39 is 23.9 Å². The minimum absolute atomic E-state index is 0.0135. The molecular weight excluding hydrogens is 757 g/mol. The molecule has 0 spiro atoms. The number of amides is 2. The maximum atomic E-state index is 14.5. The highest BCUT2D eigenvalue weighted by atomic mass is 16.5. The smallest absolute Gasteiger partial charge is 0.326 e. The zero-order valence-electron chi connectivity index (χ0n) is 38.9. The lowest BCUT2D eigenvalue weighted by Crippen LogP contribution is -2.65. The lowest BCUT2D eigenvalue weighted by atomic mass is 9.33. The minimum atomic E-state index is -0.985. The Morgan fingerprint density at radius 1 is 0.750 bits per heavy atom. The second kappa shape index (κ2) is 18.8. The number of esters is 1. The summed E-state index contributed by atoms with van der Waals surface area (Å²) in [5.41, 5.74) is 1.39. The topological polar surface area (TPSA) is 159 Å². The molecule has 4 fully saturated rings. The fraction of sp³-hybridized carbons (Fsp3) is 0.860. The number of fused-ring (bicyclic) bond motifs is 7. The van der Waals surface area contributed by atoms with Gasteiger partial charge in [-0.2, -0.15) is 0 Å². The molecule has 0 aromatic rings. The highest BCUT2D eigenvalue weighted by molar-refractivity contribution is 5.84. The van der Waals surface area contributed by atoms with E-state index in [-0.39, 0.29) is 75.1 Å². The molecule has 2 amide bonds. The number of rotatable bonds is 19. The zero-order valence-corrected chi connectivity index (χ0v) is 38.9. The molecule has 4 saturated carbocycles. The summed E-state index contributed by atoms with van der Waals surface area (Å²) >= 11 is 0. The van der Waals surface area contributed by atoms with Gasteiger partial charge in [-0.15, -0.1) is 0 Å². The normalized spacial score (nSPS) is 34.4. The Hall–Kier alpha value is -2.91. The van der Waals surface area contributed by atoms with Crippen LogP contribution in [0, 0.1) is 56.2 Å². The van der Waals surface area contributed by atoms with E-state index >= 15 is 0 Å². The quantitative estimate of drug-likeness (QED) is 0.0568. The predicted octanol–water partition coefficient (Wildman–Crippen LogP) is 10.4. The molecular formula is C50H82N2O8. The van der Waals surface area contributed by atoms with E-state index in [4.69, 9.17) is 9.84 Å². The van der Waals surface area contributed by atoms with Crippen molar-refractivity contribution in [2.45, 2.75) is 209 Å². The Bertz CT molecular complexity index is 1620. The Balaban J connectivity index is 1.15. The third-order valence-corrected chi connectivity index (χ3v) is 17.7. The summed E-state index contributed by atoms with van der Waals surface area (Å²) in [4.78, 5) is 61.9. The molecule has 340 valence electrons. The van der Waals surface area contributed by atoms with E-state index in [0.717, 1.165) is 122 Å². The number of carboxylic acids is 2. The summed E-state index contributed by atoms with van der Waals surface area (Å²) in [6, 6.07) is -0.832. The fourth-order valence-corrected chi connectivity index (χ4v) is 13.9. The number of unbranched alkanes of at least 4 members (excludes halogenated alkanes) is 7. The summed E-state index contributed by atoms with van der Waals surface area (Å²) in [5, 5.41) is 24.5. The van der Waals surface area contributed by atoms with Crippen LogP contribution in [0.15, 0.2) is 11.6 Å². The molecule has 60 heavy (non-hydrogen) atoms. The maximum Gasteiger partial charge on any atom is 0.326 e.